The third-order valence-corrected chi connectivity index (χ3v) is 3.64. The first-order valence-electron chi connectivity index (χ1n) is 7.46. The van der Waals surface area contributed by atoms with E-state index in [1.54, 1.807) is 0 Å². The third kappa shape index (κ3) is 2.81. The summed E-state index contributed by atoms with van der Waals surface area (Å²) in [6.07, 6.45) is 0. The van der Waals surface area contributed by atoms with Gasteiger partial charge >= 0.3 is 5.97 Å². The number of benzene rings is 3. The van der Waals surface area contributed by atoms with Gasteiger partial charge in [0.05, 0.1) is 12.2 Å². The standard InChI is InChI=1S/C19H18O3/c1-2-21-11-12-22-19(20)18-16-9-5-3-7-14(16)13-15-8-4-6-10-17(15)18/h3-10,13H,2,11-12H2,1H3. The van der Waals surface area contributed by atoms with Gasteiger partial charge in [0.15, 0.2) is 0 Å². The van der Waals surface area contributed by atoms with Gasteiger partial charge in [-0.2, -0.15) is 0 Å². The summed E-state index contributed by atoms with van der Waals surface area (Å²) in [6.45, 7) is 3.23. The average Bonchev–Trinajstić information content (AvgIpc) is 2.56. The Labute approximate surface area is 129 Å². The molecular weight excluding hydrogens is 276 g/mol. The van der Waals surface area contributed by atoms with Gasteiger partial charge in [0.1, 0.15) is 6.61 Å². The number of ether oxygens (including phenoxy) is 2. The van der Waals surface area contributed by atoms with Gasteiger partial charge in [-0.15, -0.1) is 0 Å². The minimum absolute atomic E-state index is 0.268. The summed E-state index contributed by atoms with van der Waals surface area (Å²) in [6, 6.07) is 17.9. The number of rotatable bonds is 5. The minimum atomic E-state index is -0.298. The Morgan fingerprint density at radius 2 is 1.50 bits per heavy atom. The average molecular weight is 294 g/mol. The Hall–Kier alpha value is -2.39. The van der Waals surface area contributed by atoms with Gasteiger partial charge in [0.25, 0.3) is 0 Å². The molecule has 3 heteroatoms. The smallest absolute Gasteiger partial charge is 0.339 e. The molecule has 0 fully saturated rings. The van der Waals surface area contributed by atoms with Crippen molar-refractivity contribution in [2.75, 3.05) is 19.8 Å². The van der Waals surface area contributed by atoms with Gasteiger partial charge in [-0.05, 0) is 34.5 Å². The van der Waals surface area contributed by atoms with Crippen LogP contribution in [0.25, 0.3) is 21.5 Å². The van der Waals surface area contributed by atoms with E-state index in [0.29, 0.717) is 18.8 Å². The van der Waals surface area contributed by atoms with Crippen LogP contribution < -0.4 is 0 Å². The summed E-state index contributed by atoms with van der Waals surface area (Å²) in [5, 5.41) is 3.92. The molecular formula is C19H18O3. The molecule has 3 aromatic rings. The maximum Gasteiger partial charge on any atom is 0.339 e. The second kappa shape index (κ2) is 6.58. The van der Waals surface area contributed by atoms with Crippen LogP contribution in [0.1, 0.15) is 17.3 Å². The number of hydrogen-bond donors (Lipinski definition) is 0. The highest BCUT2D eigenvalue weighted by Gasteiger charge is 2.15. The Balaban J connectivity index is 2.06. The fourth-order valence-electron chi connectivity index (χ4n) is 2.64. The lowest BCUT2D eigenvalue weighted by Crippen LogP contribution is -2.11. The van der Waals surface area contributed by atoms with E-state index in [-0.39, 0.29) is 12.6 Å². The summed E-state index contributed by atoms with van der Waals surface area (Å²) >= 11 is 0. The maximum absolute atomic E-state index is 12.6. The van der Waals surface area contributed by atoms with E-state index in [0.717, 1.165) is 21.5 Å². The van der Waals surface area contributed by atoms with Crippen LogP contribution in [0, 0.1) is 0 Å². The van der Waals surface area contributed by atoms with Crippen molar-refractivity contribution in [3.63, 3.8) is 0 Å². The van der Waals surface area contributed by atoms with E-state index >= 15 is 0 Å². The van der Waals surface area contributed by atoms with E-state index in [1.165, 1.54) is 0 Å². The Morgan fingerprint density at radius 3 is 2.09 bits per heavy atom. The fourth-order valence-corrected chi connectivity index (χ4v) is 2.64. The monoisotopic (exact) mass is 294 g/mol. The van der Waals surface area contributed by atoms with Crippen LogP contribution in [0.2, 0.25) is 0 Å². The van der Waals surface area contributed by atoms with Gasteiger partial charge in [-0.25, -0.2) is 4.79 Å². The molecule has 0 saturated heterocycles. The molecule has 0 N–H and O–H groups in total. The Bertz CT molecular complexity index is 754. The van der Waals surface area contributed by atoms with E-state index in [2.05, 4.69) is 6.07 Å². The van der Waals surface area contributed by atoms with Crippen molar-refractivity contribution >= 4 is 27.5 Å². The van der Waals surface area contributed by atoms with Crippen molar-refractivity contribution in [3.8, 4) is 0 Å². The molecule has 0 bridgehead atoms. The van der Waals surface area contributed by atoms with Crippen LogP contribution in [-0.4, -0.2) is 25.8 Å². The van der Waals surface area contributed by atoms with Crippen LogP contribution >= 0.6 is 0 Å². The molecule has 0 spiro atoms. The predicted octanol–water partition coefficient (Wildman–Crippen LogP) is 4.19. The number of carbonyl (C=O) groups is 1. The molecule has 0 aliphatic heterocycles. The first-order valence-corrected chi connectivity index (χ1v) is 7.46. The number of hydrogen-bond acceptors (Lipinski definition) is 3. The van der Waals surface area contributed by atoms with Gasteiger partial charge in [0, 0.05) is 6.61 Å². The second-order valence-corrected chi connectivity index (χ2v) is 5.03. The molecule has 0 atom stereocenters. The zero-order valence-corrected chi connectivity index (χ0v) is 12.5. The van der Waals surface area contributed by atoms with E-state index < -0.39 is 0 Å². The highest BCUT2D eigenvalue weighted by Crippen LogP contribution is 2.28. The van der Waals surface area contributed by atoms with Gasteiger partial charge in [-0.1, -0.05) is 48.5 Å². The van der Waals surface area contributed by atoms with Crippen LogP contribution in [0.4, 0.5) is 0 Å². The van der Waals surface area contributed by atoms with E-state index in [1.807, 2.05) is 55.5 Å². The second-order valence-electron chi connectivity index (χ2n) is 5.03. The quantitative estimate of drug-likeness (QED) is 0.402. The van der Waals surface area contributed by atoms with Crippen molar-refractivity contribution < 1.29 is 14.3 Å². The first-order chi connectivity index (χ1) is 10.8. The third-order valence-electron chi connectivity index (χ3n) is 3.64. The SMILES string of the molecule is CCOCCOC(=O)c1c2ccccc2cc2ccccc12. The molecule has 0 aromatic heterocycles. The fraction of sp³-hybridized carbons (Fsp3) is 0.211. The predicted molar refractivity (Wildman–Crippen MR) is 88.2 cm³/mol. The van der Waals surface area contributed by atoms with Crippen molar-refractivity contribution in [2.45, 2.75) is 6.92 Å². The molecule has 0 aliphatic carbocycles. The Kier molecular flexibility index (Phi) is 4.35. The summed E-state index contributed by atoms with van der Waals surface area (Å²) in [5.74, 6) is -0.298. The van der Waals surface area contributed by atoms with Crippen LogP contribution in [0.5, 0.6) is 0 Å². The summed E-state index contributed by atoms with van der Waals surface area (Å²) in [4.78, 5) is 12.6. The maximum atomic E-state index is 12.6. The molecule has 0 aliphatic rings. The van der Waals surface area contributed by atoms with Crippen LogP contribution in [0.3, 0.4) is 0 Å². The lowest BCUT2D eigenvalue weighted by molar-refractivity contribution is 0.0339. The summed E-state index contributed by atoms with van der Waals surface area (Å²) in [7, 11) is 0. The molecule has 0 amide bonds. The highest BCUT2D eigenvalue weighted by molar-refractivity contribution is 6.16. The zero-order valence-electron chi connectivity index (χ0n) is 12.5. The summed E-state index contributed by atoms with van der Waals surface area (Å²) in [5.41, 5.74) is 0.630. The Morgan fingerprint density at radius 1 is 0.909 bits per heavy atom. The topological polar surface area (TPSA) is 35.5 Å². The van der Waals surface area contributed by atoms with Crippen molar-refractivity contribution in [2.24, 2.45) is 0 Å². The van der Waals surface area contributed by atoms with Gasteiger partial charge < -0.3 is 9.47 Å². The normalized spacial score (nSPS) is 11.0. The molecule has 0 radical (unpaired) electrons. The van der Waals surface area contributed by atoms with E-state index in [4.69, 9.17) is 9.47 Å². The van der Waals surface area contributed by atoms with Crippen LogP contribution in [-0.2, 0) is 9.47 Å². The molecule has 3 nitrogen and oxygen atoms in total. The highest BCUT2D eigenvalue weighted by atomic mass is 16.6. The molecule has 0 saturated carbocycles. The molecule has 22 heavy (non-hydrogen) atoms. The lowest BCUT2D eigenvalue weighted by Gasteiger charge is -2.11. The molecule has 0 unspecified atom stereocenters. The largest absolute Gasteiger partial charge is 0.460 e. The number of fused-ring (bicyclic) bond motifs is 2. The molecule has 3 rings (SSSR count). The van der Waals surface area contributed by atoms with Crippen molar-refractivity contribution in [3.05, 3.63) is 60.2 Å². The van der Waals surface area contributed by atoms with Crippen LogP contribution in [0.15, 0.2) is 54.6 Å². The summed E-state index contributed by atoms with van der Waals surface area (Å²) < 4.78 is 10.6. The number of esters is 1. The van der Waals surface area contributed by atoms with Gasteiger partial charge in [0.2, 0.25) is 0 Å². The molecule has 3 aromatic carbocycles. The molecule has 112 valence electrons. The van der Waals surface area contributed by atoms with Gasteiger partial charge in [-0.3, -0.25) is 0 Å². The zero-order chi connectivity index (χ0) is 15.4. The van der Waals surface area contributed by atoms with Crippen molar-refractivity contribution in [1.29, 1.82) is 0 Å². The number of carbonyl (C=O) groups excluding carboxylic acids is 1. The van der Waals surface area contributed by atoms with E-state index in [9.17, 15) is 4.79 Å². The first kappa shape index (κ1) is 14.5. The molecule has 0 heterocycles. The van der Waals surface area contributed by atoms with Crippen molar-refractivity contribution in [1.82, 2.24) is 0 Å². The minimum Gasteiger partial charge on any atom is -0.460 e. The lowest BCUT2D eigenvalue weighted by atomic mass is 9.97.